The number of nitrogens with zero attached hydrogens (tertiary/aromatic N) is 2. The number of fused-ring (bicyclic) bond motifs is 1. The van der Waals surface area contributed by atoms with E-state index >= 15 is 0 Å². The third-order valence-electron chi connectivity index (χ3n) is 1.94. The molecule has 0 aliphatic carbocycles. The first-order valence-corrected chi connectivity index (χ1v) is 3.75. The average Bonchev–Trinajstić information content (AvgIpc) is 2.47. The third-order valence-corrected chi connectivity index (χ3v) is 1.94. The topological polar surface area (TPSA) is 27.0 Å². The smallest absolute Gasteiger partial charge is 0.433 e. The second kappa shape index (κ2) is 3.97. The van der Waals surface area contributed by atoms with Crippen molar-refractivity contribution in [2.24, 2.45) is 0 Å². The number of hydrogen-bond donors (Lipinski definition) is 0. The van der Waals surface area contributed by atoms with Crippen molar-refractivity contribution in [3.8, 4) is 0 Å². The first-order chi connectivity index (χ1) is 6.07. The van der Waals surface area contributed by atoms with Crippen molar-refractivity contribution in [3.63, 3.8) is 0 Å². The van der Waals surface area contributed by atoms with Crippen LogP contribution in [0.15, 0.2) is 12.3 Å². The Labute approximate surface area is 92.6 Å². The van der Waals surface area contributed by atoms with Crippen LogP contribution in [-0.2, 0) is 39.7 Å². The Kier molecular flexibility index (Phi) is 3.30. The molecule has 0 saturated heterocycles. The normalized spacial score (nSPS) is 14.8. The summed E-state index contributed by atoms with van der Waals surface area (Å²) < 4.78 is 36.5. The third kappa shape index (κ3) is 2.14. The molecular formula is C8H6F3N2Pd-. The van der Waals surface area contributed by atoms with Crippen molar-refractivity contribution in [2.75, 3.05) is 0 Å². The van der Waals surface area contributed by atoms with Crippen LogP contribution in [0.3, 0.4) is 0 Å². The van der Waals surface area contributed by atoms with E-state index in [4.69, 9.17) is 0 Å². The predicted octanol–water partition coefficient (Wildman–Crippen LogP) is 2.49. The van der Waals surface area contributed by atoms with Crippen LogP contribution < -0.4 is 0 Å². The maximum Gasteiger partial charge on any atom is 0.433 e. The monoisotopic (exact) mass is 293 g/mol. The summed E-state index contributed by atoms with van der Waals surface area (Å²) in [5, 5.41) is 3.97. The van der Waals surface area contributed by atoms with Crippen molar-refractivity contribution in [1.82, 2.24) is 4.98 Å². The van der Waals surface area contributed by atoms with E-state index in [0.29, 0.717) is 18.7 Å². The van der Waals surface area contributed by atoms with Crippen molar-refractivity contribution in [1.29, 1.82) is 0 Å². The minimum atomic E-state index is -4.35. The van der Waals surface area contributed by atoms with Gasteiger partial charge in [0.1, 0.15) is 5.69 Å². The molecule has 0 aromatic carbocycles. The van der Waals surface area contributed by atoms with Crippen molar-refractivity contribution >= 4 is 0 Å². The van der Waals surface area contributed by atoms with Gasteiger partial charge in [-0.05, 0) is 11.6 Å². The average molecular weight is 294 g/mol. The van der Waals surface area contributed by atoms with Crippen LogP contribution in [0.4, 0.5) is 13.2 Å². The molecule has 0 unspecified atom stereocenters. The van der Waals surface area contributed by atoms with E-state index < -0.39 is 11.9 Å². The number of rotatable bonds is 0. The van der Waals surface area contributed by atoms with Crippen molar-refractivity contribution in [3.05, 3.63) is 34.4 Å². The number of aromatic nitrogens is 1. The summed E-state index contributed by atoms with van der Waals surface area (Å²) in [6.07, 6.45) is -3.09. The maximum absolute atomic E-state index is 12.2. The first-order valence-electron chi connectivity index (χ1n) is 3.75. The zero-order valence-electron chi connectivity index (χ0n) is 6.91. The van der Waals surface area contributed by atoms with Gasteiger partial charge in [-0.1, -0.05) is 5.56 Å². The SMILES string of the molecule is FC(F)(F)c1cc2c(cn1)C[N-]C2.[Pd]. The zero-order chi connectivity index (χ0) is 9.47. The quantitative estimate of drug-likeness (QED) is 0.675. The summed E-state index contributed by atoms with van der Waals surface area (Å²) in [6.45, 7) is 0.863. The Balaban J connectivity index is 0.000000980. The molecule has 80 valence electrons. The summed E-state index contributed by atoms with van der Waals surface area (Å²) in [7, 11) is 0. The van der Waals surface area contributed by atoms with E-state index in [9.17, 15) is 13.2 Å². The van der Waals surface area contributed by atoms with Crippen LogP contribution in [0.1, 0.15) is 16.8 Å². The van der Waals surface area contributed by atoms with E-state index in [1.54, 1.807) is 0 Å². The molecule has 2 rings (SSSR count). The first kappa shape index (κ1) is 11.6. The molecule has 2 nitrogen and oxygen atoms in total. The second-order valence-corrected chi connectivity index (χ2v) is 2.88. The summed E-state index contributed by atoms with van der Waals surface area (Å²) in [5.41, 5.74) is 0.610. The molecule has 1 aromatic rings. The fraction of sp³-hybridized carbons (Fsp3) is 0.375. The van der Waals surface area contributed by atoms with E-state index in [1.807, 2.05) is 0 Å². The minimum Gasteiger partial charge on any atom is -0.655 e. The van der Waals surface area contributed by atoms with Crippen LogP contribution in [0.5, 0.6) is 0 Å². The van der Waals surface area contributed by atoms with E-state index in [-0.39, 0.29) is 20.4 Å². The molecule has 0 radical (unpaired) electrons. The maximum atomic E-state index is 12.2. The summed E-state index contributed by atoms with van der Waals surface area (Å²) in [4.78, 5) is 3.34. The molecule has 0 bridgehead atoms. The van der Waals surface area contributed by atoms with Gasteiger partial charge in [0, 0.05) is 26.6 Å². The van der Waals surface area contributed by atoms with Crippen molar-refractivity contribution in [2.45, 2.75) is 19.3 Å². The fourth-order valence-corrected chi connectivity index (χ4v) is 1.27. The summed E-state index contributed by atoms with van der Waals surface area (Å²) in [5.74, 6) is 0. The summed E-state index contributed by atoms with van der Waals surface area (Å²) >= 11 is 0. The van der Waals surface area contributed by atoms with Gasteiger partial charge in [-0.3, -0.25) is 4.98 Å². The molecule has 14 heavy (non-hydrogen) atoms. The molecule has 1 aliphatic heterocycles. The Morgan fingerprint density at radius 1 is 1.21 bits per heavy atom. The van der Waals surface area contributed by atoms with Gasteiger partial charge in [-0.2, -0.15) is 13.2 Å². The van der Waals surface area contributed by atoms with Crippen LogP contribution in [0, 0.1) is 0 Å². The molecule has 0 fully saturated rings. The van der Waals surface area contributed by atoms with Crippen molar-refractivity contribution < 1.29 is 33.6 Å². The van der Waals surface area contributed by atoms with Gasteiger partial charge in [-0.25, -0.2) is 0 Å². The molecule has 0 atom stereocenters. The largest absolute Gasteiger partial charge is 0.655 e. The zero-order valence-corrected chi connectivity index (χ0v) is 8.47. The molecular weight excluding hydrogens is 288 g/mol. The minimum absolute atomic E-state index is 0. The van der Waals surface area contributed by atoms with Gasteiger partial charge in [0.25, 0.3) is 0 Å². The standard InChI is InChI=1S/C8H6F3N2.Pd/c9-8(10,11)7-1-5-2-12-3-6(5)4-13-7;/h1,4H,2-3H2;/q-1;. The predicted molar refractivity (Wildman–Crippen MR) is 40.0 cm³/mol. The second-order valence-electron chi connectivity index (χ2n) is 2.88. The van der Waals surface area contributed by atoms with Gasteiger partial charge in [-0.15, -0.1) is 13.1 Å². The van der Waals surface area contributed by atoms with Crippen LogP contribution in [-0.4, -0.2) is 4.98 Å². The van der Waals surface area contributed by atoms with Crippen LogP contribution in [0.25, 0.3) is 5.32 Å². The van der Waals surface area contributed by atoms with Gasteiger partial charge < -0.3 is 5.32 Å². The Hall–Kier alpha value is -0.438. The number of pyridine rings is 1. The molecule has 1 aliphatic rings. The van der Waals surface area contributed by atoms with E-state index in [2.05, 4.69) is 10.3 Å². The molecule has 0 saturated carbocycles. The van der Waals surface area contributed by atoms with Gasteiger partial charge in [0.2, 0.25) is 0 Å². The Morgan fingerprint density at radius 2 is 1.86 bits per heavy atom. The van der Waals surface area contributed by atoms with Gasteiger partial charge in [0.15, 0.2) is 0 Å². The van der Waals surface area contributed by atoms with Crippen LogP contribution >= 0.6 is 0 Å². The van der Waals surface area contributed by atoms with Crippen LogP contribution in [0.2, 0.25) is 0 Å². The fourth-order valence-electron chi connectivity index (χ4n) is 1.27. The summed E-state index contributed by atoms with van der Waals surface area (Å²) in [6, 6.07) is 1.08. The molecule has 6 heteroatoms. The van der Waals surface area contributed by atoms with Gasteiger partial charge in [0.05, 0.1) is 0 Å². The van der Waals surface area contributed by atoms with E-state index in [0.717, 1.165) is 11.6 Å². The number of hydrogen-bond acceptors (Lipinski definition) is 1. The number of halogens is 3. The van der Waals surface area contributed by atoms with E-state index in [1.165, 1.54) is 6.20 Å². The Bertz CT molecular complexity index is 338. The molecule has 0 amide bonds. The molecule has 0 N–H and O–H groups in total. The van der Waals surface area contributed by atoms with Gasteiger partial charge >= 0.3 is 6.18 Å². The molecule has 0 spiro atoms. The number of alkyl halides is 3. The molecule has 1 aromatic heterocycles. The Morgan fingerprint density at radius 3 is 2.50 bits per heavy atom. The molecule has 2 heterocycles.